The van der Waals surface area contributed by atoms with Crippen molar-refractivity contribution in [3.63, 3.8) is 0 Å². The van der Waals surface area contributed by atoms with Crippen LogP contribution in [0.2, 0.25) is 0 Å². The van der Waals surface area contributed by atoms with Crippen LogP contribution in [-0.2, 0) is 18.2 Å². The highest BCUT2D eigenvalue weighted by Crippen LogP contribution is 2.38. The van der Waals surface area contributed by atoms with Crippen LogP contribution < -0.4 is 5.73 Å². The number of ether oxygens (including phenoxy) is 1. The molecule has 5 heteroatoms. The molecule has 2 N–H and O–H groups in total. The molecule has 4 nitrogen and oxygen atoms in total. The summed E-state index contributed by atoms with van der Waals surface area (Å²) in [5.41, 5.74) is 8.63. The maximum atomic E-state index is 6.62. The molecule has 1 aliphatic rings. The molecule has 1 aromatic heterocycles. The minimum absolute atomic E-state index is 0.00583. The van der Waals surface area contributed by atoms with Crippen LogP contribution in [-0.4, -0.2) is 28.0 Å². The highest BCUT2D eigenvalue weighted by atomic mass is 79.9. The van der Waals surface area contributed by atoms with Gasteiger partial charge in [-0.25, -0.2) is 0 Å². The maximum absolute atomic E-state index is 6.62. The van der Waals surface area contributed by atoms with Crippen molar-refractivity contribution in [2.45, 2.75) is 64.5 Å². The van der Waals surface area contributed by atoms with Crippen LogP contribution in [0.15, 0.2) is 4.47 Å². The average molecular weight is 358 g/mol. The van der Waals surface area contributed by atoms with Gasteiger partial charge in [-0.1, -0.05) is 19.8 Å². The van der Waals surface area contributed by atoms with Gasteiger partial charge in [-0.3, -0.25) is 4.68 Å². The predicted octanol–water partition coefficient (Wildman–Crippen LogP) is 3.35. The third kappa shape index (κ3) is 3.51. The van der Waals surface area contributed by atoms with E-state index in [2.05, 4.69) is 34.9 Å². The molecule has 2 rings (SSSR count). The van der Waals surface area contributed by atoms with Gasteiger partial charge < -0.3 is 10.5 Å². The molecular weight excluding hydrogens is 330 g/mol. The third-order valence-electron chi connectivity index (χ3n) is 4.77. The van der Waals surface area contributed by atoms with Crippen LogP contribution in [0.4, 0.5) is 0 Å². The highest BCUT2D eigenvalue weighted by molar-refractivity contribution is 9.10. The maximum Gasteiger partial charge on any atom is 0.0838 e. The van der Waals surface area contributed by atoms with E-state index in [1.807, 2.05) is 18.7 Å². The lowest BCUT2D eigenvalue weighted by Crippen LogP contribution is -2.54. The first-order chi connectivity index (χ1) is 9.89. The Kier molecular flexibility index (Phi) is 5.49. The lowest BCUT2D eigenvalue weighted by molar-refractivity contribution is -0.0927. The molecule has 0 aromatic carbocycles. The first-order valence-electron chi connectivity index (χ1n) is 7.97. The van der Waals surface area contributed by atoms with Gasteiger partial charge in [0.2, 0.25) is 0 Å². The van der Waals surface area contributed by atoms with Gasteiger partial charge in [0.15, 0.2) is 0 Å². The van der Waals surface area contributed by atoms with Gasteiger partial charge in [0.05, 0.1) is 21.5 Å². The van der Waals surface area contributed by atoms with Crippen LogP contribution >= 0.6 is 15.9 Å². The molecule has 3 atom stereocenters. The number of hydrogen-bond donors (Lipinski definition) is 1. The summed E-state index contributed by atoms with van der Waals surface area (Å²) in [6.45, 7) is 7.12. The third-order valence-corrected chi connectivity index (χ3v) is 5.80. The Balaban J connectivity index is 2.20. The number of nitrogens with two attached hydrogens (primary N) is 1. The fourth-order valence-corrected chi connectivity index (χ4v) is 4.20. The molecule has 1 saturated carbocycles. The number of halogens is 1. The van der Waals surface area contributed by atoms with E-state index in [9.17, 15) is 0 Å². The summed E-state index contributed by atoms with van der Waals surface area (Å²) >= 11 is 3.64. The average Bonchev–Trinajstić information content (AvgIpc) is 2.65. The molecule has 0 spiro atoms. The zero-order valence-corrected chi connectivity index (χ0v) is 15.2. The Morgan fingerprint density at radius 3 is 2.81 bits per heavy atom. The van der Waals surface area contributed by atoms with Gasteiger partial charge >= 0.3 is 0 Å². The molecule has 0 radical (unpaired) electrons. The van der Waals surface area contributed by atoms with Crippen LogP contribution in [0, 0.1) is 12.8 Å². The largest absolute Gasteiger partial charge is 0.374 e. The summed E-state index contributed by atoms with van der Waals surface area (Å²) in [5, 5.41) is 4.47. The monoisotopic (exact) mass is 357 g/mol. The SMILES string of the molecule is CCOC1(C(N)Cc2c(Br)c(C)nn2C)CCCC(C)C1. The van der Waals surface area contributed by atoms with E-state index in [1.54, 1.807) is 0 Å². The van der Waals surface area contributed by atoms with Crippen molar-refractivity contribution in [3.05, 3.63) is 15.9 Å². The van der Waals surface area contributed by atoms with E-state index in [0.29, 0.717) is 5.92 Å². The lowest BCUT2D eigenvalue weighted by atomic mass is 9.73. The van der Waals surface area contributed by atoms with E-state index in [-0.39, 0.29) is 11.6 Å². The van der Waals surface area contributed by atoms with Gasteiger partial charge in [0.1, 0.15) is 0 Å². The first kappa shape index (κ1) is 17.0. The number of hydrogen-bond acceptors (Lipinski definition) is 3. The summed E-state index contributed by atoms with van der Waals surface area (Å²) in [4.78, 5) is 0. The Labute approximate surface area is 136 Å². The van der Waals surface area contributed by atoms with Gasteiger partial charge in [0, 0.05) is 26.1 Å². The van der Waals surface area contributed by atoms with E-state index in [0.717, 1.165) is 41.7 Å². The molecule has 1 heterocycles. The van der Waals surface area contributed by atoms with E-state index in [4.69, 9.17) is 10.5 Å². The van der Waals surface area contributed by atoms with Crippen molar-refractivity contribution in [2.24, 2.45) is 18.7 Å². The Morgan fingerprint density at radius 1 is 1.57 bits per heavy atom. The molecule has 0 aliphatic heterocycles. The zero-order chi connectivity index (χ0) is 15.6. The number of aryl methyl sites for hydroxylation is 2. The van der Waals surface area contributed by atoms with Crippen LogP contribution in [0.1, 0.15) is 50.9 Å². The molecule has 1 aliphatic carbocycles. The molecule has 0 amide bonds. The highest BCUT2D eigenvalue weighted by Gasteiger charge is 2.41. The second-order valence-electron chi connectivity index (χ2n) is 6.48. The molecular formula is C16H28BrN3O. The van der Waals surface area contributed by atoms with Crippen LogP contribution in [0.5, 0.6) is 0 Å². The smallest absolute Gasteiger partial charge is 0.0838 e. The van der Waals surface area contributed by atoms with Gasteiger partial charge in [-0.15, -0.1) is 0 Å². The Morgan fingerprint density at radius 2 is 2.29 bits per heavy atom. The van der Waals surface area contributed by atoms with Crippen molar-refractivity contribution in [3.8, 4) is 0 Å². The van der Waals surface area contributed by atoms with E-state index >= 15 is 0 Å². The summed E-state index contributed by atoms with van der Waals surface area (Å²) in [7, 11) is 1.98. The quantitative estimate of drug-likeness (QED) is 0.878. The molecule has 120 valence electrons. The van der Waals surface area contributed by atoms with Gasteiger partial charge in [-0.2, -0.15) is 5.10 Å². The van der Waals surface area contributed by atoms with E-state index < -0.39 is 0 Å². The van der Waals surface area contributed by atoms with Gasteiger partial charge in [-0.05, 0) is 48.5 Å². The fourth-order valence-electron chi connectivity index (χ4n) is 3.70. The zero-order valence-electron chi connectivity index (χ0n) is 13.7. The van der Waals surface area contributed by atoms with Gasteiger partial charge in [0.25, 0.3) is 0 Å². The van der Waals surface area contributed by atoms with E-state index in [1.165, 1.54) is 12.8 Å². The second kappa shape index (κ2) is 6.80. The van der Waals surface area contributed by atoms with Crippen molar-refractivity contribution in [1.82, 2.24) is 9.78 Å². The number of rotatable bonds is 5. The number of aromatic nitrogens is 2. The van der Waals surface area contributed by atoms with Crippen molar-refractivity contribution in [2.75, 3.05) is 6.61 Å². The first-order valence-corrected chi connectivity index (χ1v) is 8.76. The lowest BCUT2D eigenvalue weighted by Gasteiger charge is -2.44. The molecule has 0 saturated heterocycles. The summed E-state index contributed by atoms with van der Waals surface area (Å²) in [5.74, 6) is 0.688. The molecule has 0 bridgehead atoms. The van der Waals surface area contributed by atoms with Crippen LogP contribution in [0.3, 0.4) is 0 Å². The standard InChI is InChI=1S/C16H28BrN3O/c1-5-21-16(8-6-7-11(2)10-16)14(18)9-13-15(17)12(3)19-20(13)4/h11,14H,5-10,18H2,1-4H3. The van der Waals surface area contributed by atoms with Crippen molar-refractivity contribution < 1.29 is 4.74 Å². The summed E-state index contributed by atoms with van der Waals surface area (Å²) < 4.78 is 9.21. The molecule has 1 fully saturated rings. The second-order valence-corrected chi connectivity index (χ2v) is 7.27. The van der Waals surface area contributed by atoms with Crippen molar-refractivity contribution in [1.29, 1.82) is 0 Å². The molecule has 21 heavy (non-hydrogen) atoms. The summed E-state index contributed by atoms with van der Waals surface area (Å²) in [6.07, 6.45) is 5.43. The molecule has 3 unspecified atom stereocenters. The Bertz CT molecular complexity index is 484. The molecule has 1 aromatic rings. The van der Waals surface area contributed by atoms with Crippen molar-refractivity contribution >= 4 is 15.9 Å². The minimum Gasteiger partial charge on any atom is -0.374 e. The normalized spacial score (nSPS) is 27.8. The fraction of sp³-hybridized carbons (Fsp3) is 0.812. The topological polar surface area (TPSA) is 53.1 Å². The Hall–Kier alpha value is -0.390. The minimum atomic E-state index is -0.177. The summed E-state index contributed by atoms with van der Waals surface area (Å²) in [6, 6.07) is 0.00583. The van der Waals surface area contributed by atoms with Crippen LogP contribution in [0.25, 0.3) is 0 Å². The predicted molar refractivity (Wildman–Crippen MR) is 89.3 cm³/mol. The number of nitrogens with zero attached hydrogens (tertiary/aromatic N) is 2.